The molecule has 5 aromatic carbocycles. The zero-order chi connectivity index (χ0) is 24.6. The molecule has 0 spiro atoms. The number of hydrogen-bond acceptors (Lipinski definition) is 4. The van der Waals surface area contributed by atoms with Crippen molar-refractivity contribution in [3.8, 4) is 11.1 Å². The normalized spacial score (nSPS) is 11.2. The van der Waals surface area contributed by atoms with Crippen molar-refractivity contribution in [1.82, 2.24) is 0 Å². The minimum absolute atomic E-state index is 0.397. The van der Waals surface area contributed by atoms with Gasteiger partial charge in [-0.2, -0.15) is 0 Å². The van der Waals surface area contributed by atoms with Crippen molar-refractivity contribution in [1.29, 1.82) is 0 Å². The number of fused-ring (bicyclic) bond motifs is 6. The van der Waals surface area contributed by atoms with E-state index in [-0.39, 0.29) is 0 Å². The monoisotopic (exact) mass is 534 g/mol. The van der Waals surface area contributed by atoms with Gasteiger partial charge in [0, 0.05) is 37.0 Å². The van der Waals surface area contributed by atoms with Crippen molar-refractivity contribution in [3.63, 3.8) is 0 Å². The molecule has 0 fully saturated rings. The molecule has 6 heteroatoms. The van der Waals surface area contributed by atoms with E-state index in [4.69, 9.17) is 8.83 Å². The maximum absolute atomic E-state index is 9.24. The summed E-state index contributed by atoms with van der Waals surface area (Å²) in [4.78, 5) is 0. The molecule has 0 radical (unpaired) electrons. The second-order valence-corrected chi connectivity index (χ2v) is 9.40. The van der Waals surface area contributed by atoms with Crippen LogP contribution in [0.5, 0.6) is 0 Å². The van der Waals surface area contributed by atoms with Crippen LogP contribution in [0.15, 0.2) is 123 Å². The molecule has 7 aromatic rings. The maximum atomic E-state index is 9.24. The standard InChI is InChI=1S/C18H11BrO.C12H9BO3/c19-13-6-3-5-12(11-13)14-8-4-9-16-15-7-1-2-10-17(15)20-18(14)16;14-13(15)10-6-3-5-9-8-4-1-2-7-11(8)16-12(9)10/h1-11H;1-7,14-15H. The van der Waals surface area contributed by atoms with Gasteiger partial charge in [0.25, 0.3) is 0 Å². The van der Waals surface area contributed by atoms with Gasteiger partial charge in [0.05, 0.1) is 0 Å². The molecule has 0 aliphatic heterocycles. The summed E-state index contributed by atoms with van der Waals surface area (Å²) in [5.41, 5.74) is 5.86. The summed E-state index contributed by atoms with van der Waals surface area (Å²) in [6.07, 6.45) is 0. The molecule has 0 bridgehead atoms. The fourth-order valence-corrected chi connectivity index (χ4v) is 5.00. The molecular weight excluding hydrogens is 515 g/mol. The van der Waals surface area contributed by atoms with Gasteiger partial charge in [-0.3, -0.25) is 0 Å². The Bertz CT molecular complexity index is 1850. The molecule has 36 heavy (non-hydrogen) atoms. The van der Waals surface area contributed by atoms with Gasteiger partial charge in [0.1, 0.15) is 22.3 Å². The van der Waals surface area contributed by atoms with Crippen LogP contribution < -0.4 is 5.46 Å². The molecule has 2 N–H and O–H groups in total. The van der Waals surface area contributed by atoms with Crippen LogP contribution in [0.4, 0.5) is 0 Å². The molecule has 4 nitrogen and oxygen atoms in total. The average molecular weight is 535 g/mol. The maximum Gasteiger partial charge on any atom is 0.492 e. The summed E-state index contributed by atoms with van der Waals surface area (Å²) in [6.45, 7) is 0. The molecule has 0 amide bonds. The molecule has 0 aliphatic carbocycles. The van der Waals surface area contributed by atoms with Crippen LogP contribution in [0.2, 0.25) is 0 Å². The Morgan fingerprint density at radius 2 is 1.11 bits per heavy atom. The van der Waals surface area contributed by atoms with E-state index in [9.17, 15) is 10.0 Å². The lowest BCUT2D eigenvalue weighted by Gasteiger charge is -2.03. The molecule has 0 aliphatic rings. The molecule has 174 valence electrons. The van der Waals surface area contributed by atoms with Crippen LogP contribution in [0, 0.1) is 0 Å². The van der Waals surface area contributed by atoms with Crippen LogP contribution in [-0.2, 0) is 0 Å². The highest BCUT2D eigenvalue weighted by atomic mass is 79.9. The number of furan rings is 2. The summed E-state index contributed by atoms with van der Waals surface area (Å²) in [5.74, 6) is 0. The third-order valence-corrected chi connectivity index (χ3v) is 6.75. The lowest BCUT2D eigenvalue weighted by atomic mass is 9.79. The molecule has 0 unspecified atom stereocenters. The zero-order valence-corrected chi connectivity index (χ0v) is 20.6. The molecule has 0 saturated heterocycles. The molecule has 0 atom stereocenters. The molecule has 2 aromatic heterocycles. The lowest BCUT2D eigenvalue weighted by molar-refractivity contribution is 0.425. The highest BCUT2D eigenvalue weighted by Crippen LogP contribution is 2.36. The Kier molecular flexibility index (Phi) is 5.85. The van der Waals surface area contributed by atoms with E-state index in [2.05, 4.69) is 52.3 Å². The minimum atomic E-state index is -1.51. The summed E-state index contributed by atoms with van der Waals surface area (Å²) >= 11 is 3.53. The molecular formula is C30H20BBrO4. The van der Waals surface area contributed by atoms with Gasteiger partial charge in [0.2, 0.25) is 0 Å². The zero-order valence-electron chi connectivity index (χ0n) is 19.1. The fraction of sp³-hybridized carbons (Fsp3) is 0. The van der Waals surface area contributed by atoms with Crippen LogP contribution in [0.25, 0.3) is 55.0 Å². The summed E-state index contributed by atoms with van der Waals surface area (Å²) < 4.78 is 12.8. The predicted octanol–water partition coefficient (Wildman–Crippen LogP) is 7.28. The van der Waals surface area contributed by atoms with E-state index >= 15 is 0 Å². The fourth-order valence-electron chi connectivity index (χ4n) is 4.60. The summed E-state index contributed by atoms with van der Waals surface area (Å²) in [5, 5.41) is 22.7. The number of benzene rings is 5. The van der Waals surface area contributed by atoms with Crippen molar-refractivity contribution >= 4 is 72.4 Å². The Hall–Kier alpha value is -3.84. The van der Waals surface area contributed by atoms with Crippen molar-refractivity contribution in [2.45, 2.75) is 0 Å². The lowest BCUT2D eigenvalue weighted by Crippen LogP contribution is -2.29. The van der Waals surface area contributed by atoms with E-state index < -0.39 is 7.12 Å². The first-order chi connectivity index (χ1) is 17.6. The van der Waals surface area contributed by atoms with Gasteiger partial charge in [-0.05, 0) is 29.8 Å². The first-order valence-electron chi connectivity index (χ1n) is 11.5. The highest BCUT2D eigenvalue weighted by Gasteiger charge is 2.18. The van der Waals surface area contributed by atoms with Gasteiger partial charge in [-0.1, -0.05) is 101 Å². The Balaban J connectivity index is 0.000000137. The van der Waals surface area contributed by atoms with Crippen molar-refractivity contribution < 1.29 is 18.9 Å². The van der Waals surface area contributed by atoms with Gasteiger partial charge >= 0.3 is 7.12 Å². The van der Waals surface area contributed by atoms with Gasteiger partial charge < -0.3 is 18.9 Å². The number of rotatable bonds is 2. The van der Waals surface area contributed by atoms with Crippen molar-refractivity contribution in [2.24, 2.45) is 0 Å². The topological polar surface area (TPSA) is 66.7 Å². The number of para-hydroxylation sites is 4. The molecule has 2 heterocycles. The van der Waals surface area contributed by atoms with Crippen LogP contribution in [0.3, 0.4) is 0 Å². The third kappa shape index (κ3) is 3.99. The van der Waals surface area contributed by atoms with Crippen molar-refractivity contribution in [2.75, 3.05) is 0 Å². The molecule has 7 rings (SSSR count). The van der Waals surface area contributed by atoms with E-state index in [0.29, 0.717) is 11.0 Å². The Morgan fingerprint density at radius 1 is 0.556 bits per heavy atom. The first-order valence-corrected chi connectivity index (χ1v) is 12.3. The van der Waals surface area contributed by atoms with Crippen molar-refractivity contribution in [3.05, 3.63) is 114 Å². The number of halogens is 1. The van der Waals surface area contributed by atoms with E-state index in [1.165, 1.54) is 5.39 Å². The SMILES string of the molecule is Brc1cccc(-c2cccc3c2oc2ccccc23)c1.OB(O)c1cccc2c1oc1ccccc12. The third-order valence-electron chi connectivity index (χ3n) is 6.25. The van der Waals surface area contributed by atoms with Crippen LogP contribution >= 0.6 is 15.9 Å². The Morgan fingerprint density at radius 3 is 1.78 bits per heavy atom. The Labute approximate surface area is 215 Å². The second kappa shape index (κ2) is 9.32. The highest BCUT2D eigenvalue weighted by molar-refractivity contribution is 9.10. The first kappa shape index (κ1) is 22.6. The van der Waals surface area contributed by atoms with Crippen LogP contribution in [-0.4, -0.2) is 17.2 Å². The predicted molar refractivity (Wildman–Crippen MR) is 150 cm³/mol. The van der Waals surface area contributed by atoms with Crippen LogP contribution in [0.1, 0.15) is 0 Å². The summed E-state index contributed by atoms with van der Waals surface area (Å²) in [7, 11) is -1.51. The minimum Gasteiger partial charge on any atom is -0.456 e. The largest absolute Gasteiger partial charge is 0.492 e. The smallest absolute Gasteiger partial charge is 0.456 e. The quantitative estimate of drug-likeness (QED) is 0.229. The van der Waals surface area contributed by atoms with E-state index in [1.807, 2.05) is 60.7 Å². The number of hydrogen-bond donors (Lipinski definition) is 2. The molecule has 0 saturated carbocycles. The van der Waals surface area contributed by atoms with E-state index in [1.54, 1.807) is 12.1 Å². The van der Waals surface area contributed by atoms with Gasteiger partial charge in [-0.25, -0.2) is 0 Å². The van der Waals surface area contributed by atoms with E-state index in [0.717, 1.165) is 48.5 Å². The average Bonchev–Trinajstić information content (AvgIpc) is 3.47. The van der Waals surface area contributed by atoms with Gasteiger partial charge in [0.15, 0.2) is 0 Å². The summed E-state index contributed by atoms with van der Waals surface area (Å²) in [6, 6.07) is 35.7. The second-order valence-electron chi connectivity index (χ2n) is 8.49. The van der Waals surface area contributed by atoms with Gasteiger partial charge in [-0.15, -0.1) is 0 Å².